The van der Waals surface area contributed by atoms with Crippen molar-refractivity contribution in [3.63, 3.8) is 0 Å². The Morgan fingerprint density at radius 1 is 1.36 bits per heavy atom. The van der Waals surface area contributed by atoms with Gasteiger partial charge in [0, 0.05) is 0 Å². The van der Waals surface area contributed by atoms with Crippen LogP contribution in [0.3, 0.4) is 0 Å². The van der Waals surface area contributed by atoms with E-state index in [4.69, 9.17) is 16.3 Å². The molecular weight excluding hydrogens is 207 g/mol. The molecule has 2 aromatic rings. The average molecular weight is 213 g/mol. The van der Waals surface area contributed by atoms with Gasteiger partial charge in [-0.25, -0.2) is 9.37 Å². The first-order chi connectivity index (χ1) is 6.75. The molecule has 0 atom stereocenters. The third kappa shape index (κ3) is 1.85. The summed E-state index contributed by atoms with van der Waals surface area (Å²) in [5.74, 6) is -0.335. The van der Waals surface area contributed by atoms with Crippen molar-refractivity contribution >= 4 is 11.6 Å². The van der Waals surface area contributed by atoms with Crippen LogP contribution in [0.15, 0.2) is 30.5 Å². The maximum atomic E-state index is 13.1. The van der Waals surface area contributed by atoms with Gasteiger partial charge in [0.25, 0.3) is 6.01 Å². The molecule has 0 saturated heterocycles. The lowest BCUT2D eigenvalue weighted by Crippen LogP contribution is -1.88. The van der Waals surface area contributed by atoms with Gasteiger partial charge in [0.15, 0.2) is 11.6 Å². The number of aromatic amines is 1. The highest BCUT2D eigenvalue weighted by Crippen LogP contribution is 2.22. The lowest BCUT2D eigenvalue weighted by molar-refractivity contribution is 0.415. The van der Waals surface area contributed by atoms with E-state index in [9.17, 15) is 4.39 Å². The summed E-state index contributed by atoms with van der Waals surface area (Å²) in [6, 6.07) is 6.23. The minimum atomic E-state index is -0.444. The summed E-state index contributed by atoms with van der Waals surface area (Å²) in [6.45, 7) is 0. The zero-order chi connectivity index (χ0) is 9.97. The normalized spacial score (nSPS) is 10.1. The number of nitrogens with zero attached hydrogens (tertiary/aromatic N) is 1. The van der Waals surface area contributed by atoms with Crippen molar-refractivity contribution in [1.29, 1.82) is 0 Å². The standard InChI is InChI=1S/C9H6ClFN2O/c10-8-5-12-9(13-8)14-7-4-2-1-3-6(7)11/h1-5H,(H,12,13). The minimum absolute atomic E-state index is 0.110. The van der Waals surface area contributed by atoms with Crippen molar-refractivity contribution in [1.82, 2.24) is 9.97 Å². The fourth-order valence-electron chi connectivity index (χ4n) is 0.966. The first kappa shape index (κ1) is 9.02. The highest BCUT2D eigenvalue weighted by Gasteiger charge is 2.05. The summed E-state index contributed by atoms with van der Waals surface area (Å²) in [4.78, 5) is 6.39. The van der Waals surface area contributed by atoms with Gasteiger partial charge in [0.1, 0.15) is 5.15 Å². The monoisotopic (exact) mass is 212 g/mol. The van der Waals surface area contributed by atoms with Crippen LogP contribution in [0.5, 0.6) is 11.8 Å². The number of benzene rings is 1. The molecule has 0 saturated carbocycles. The van der Waals surface area contributed by atoms with E-state index < -0.39 is 5.82 Å². The van der Waals surface area contributed by atoms with E-state index in [0.717, 1.165) is 0 Å². The lowest BCUT2D eigenvalue weighted by Gasteiger charge is -2.01. The Hall–Kier alpha value is -1.55. The molecule has 72 valence electrons. The van der Waals surface area contributed by atoms with Gasteiger partial charge in [-0.1, -0.05) is 23.7 Å². The number of hydrogen-bond donors (Lipinski definition) is 1. The van der Waals surface area contributed by atoms with Crippen LogP contribution in [0.25, 0.3) is 0 Å². The molecule has 0 aliphatic heterocycles. The molecule has 5 heteroatoms. The third-order valence-corrected chi connectivity index (χ3v) is 1.76. The smallest absolute Gasteiger partial charge is 0.300 e. The van der Waals surface area contributed by atoms with Crippen LogP contribution in [-0.4, -0.2) is 9.97 Å². The predicted octanol–water partition coefficient (Wildman–Crippen LogP) is 2.99. The molecule has 0 bridgehead atoms. The Morgan fingerprint density at radius 2 is 2.14 bits per heavy atom. The molecule has 14 heavy (non-hydrogen) atoms. The van der Waals surface area contributed by atoms with E-state index in [2.05, 4.69) is 9.97 Å². The van der Waals surface area contributed by atoms with Crippen molar-refractivity contribution in [3.05, 3.63) is 41.4 Å². The zero-order valence-electron chi connectivity index (χ0n) is 7.00. The van der Waals surface area contributed by atoms with Gasteiger partial charge in [-0.05, 0) is 12.1 Å². The van der Waals surface area contributed by atoms with Crippen LogP contribution in [0, 0.1) is 5.82 Å². The average Bonchev–Trinajstić information content (AvgIpc) is 2.56. The van der Waals surface area contributed by atoms with E-state index in [0.29, 0.717) is 5.15 Å². The molecule has 2 rings (SSSR count). The fourth-order valence-corrected chi connectivity index (χ4v) is 1.10. The van der Waals surface area contributed by atoms with E-state index in [1.165, 1.54) is 18.3 Å². The van der Waals surface area contributed by atoms with Gasteiger partial charge in [0.05, 0.1) is 6.20 Å². The maximum Gasteiger partial charge on any atom is 0.300 e. The summed E-state index contributed by atoms with van der Waals surface area (Å²) >= 11 is 5.57. The molecule has 0 spiro atoms. The maximum absolute atomic E-state index is 13.1. The molecular formula is C9H6ClFN2O. The Balaban J connectivity index is 2.23. The first-order valence-electron chi connectivity index (χ1n) is 3.88. The lowest BCUT2D eigenvalue weighted by atomic mass is 10.3. The van der Waals surface area contributed by atoms with Gasteiger partial charge < -0.3 is 4.74 Å². The van der Waals surface area contributed by atoms with Crippen LogP contribution < -0.4 is 4.74 Å². The quantitative estimate of drug-likeness (QED) is 0.831. The van der Waals surface area contributed by atoms with Crippen molar-refractivity contribution < 1.29 is 9.13 Å². The highest BCUT2D eigenvalue weighted by molar-refractivity contribution is 6.29. The van der Waals surface area contributed by atoms with E-state index in [-0.39, 0.29) is 11.8 Å². The minimum Gasteiger partial charge on any atom is -0.422 e. The summed E-state index contributed by atoms with van der Waals surface area (Å²) < 4.78 is 18.2. The largest absolute Gasteiger partial charge is 0.422 e. The number of halogens is 2. The Morgan fingerprint density at radius 3 is 2.79 bits per heavy atom. The number of rotatable bonds is 2. The van der Waals surface area contributed by atoms with Crippen molar-refractivity contribution in [3.8, 4) is 11.8 Å². The van der Waals surface area contributed by atoms with E-state index in [1.807, 2.05) is 0 Å². The van der Waals surface area contributed by atoms with E-state index in [1.54, 1.807) is 12.1 Å². The molecule has 1 N–H and O–H groups in total. The van der Waals surface area contributed by atoms with Crippen LogP contribution in [0.2, 0.25) is 5.15 Å². The Labute approximate surface area is 84.5 Å². The Bertz CT molecular complexity index is 444. The molecule has 1 heterocycles. The van der Waals surface area contributed by atoms with Crippen molar-refractivity contribution in [2.45, 2.75) is 0 Å². The first-order valence-corrected chi connectivity index (χ1v) is 4.26. The van der Waals surface area contributed by atoms with Crippen LogP contribution >= 0.6 is 11.6 Å². The SMILES string of the molecule is Fc1ccccc1Oc1ncc(Cl)[nH]1. The second-order valence-corrected chi connectivity index (χ2v) is 2.98. The second-order valence-electron chi connectivity index (χ2n) is 2.57. The third-order valence-electron chi connectivity index (χ3n) is 1.56. The zero-order valence-corrected chi connectivity index (χ0v) is 7.75. The second kappa shape index (κ2) is 3.67. The molecule has 0 amide bonds. The molecule has 0 aliphatic rings. The predicted molar refractivity (Wildman–Crippen MR) is 50.1 cm³/mol. The molecule has 0 fully saturated rings. The summed E-state index contributed by atoms with van der Waals surface area (Å²) in [5, 5.41) is 0.344. The van der Waals surface area contributed by atoms with Crippen LogP contribution in [0.4, 0.5) is 4.39 Å². The van der Waals surface area contributed by atoms with Crippen molar-refractivity contribution in [2.24, 2.45) is 0 Å². The number of hydrogen-bond acceptors (Lipinski definition) is 2. The number of ether oxygens (including phenoxy) is 1. The Kier molecular flexibility index (Phi) is 2.37. The number of H-pyrrole nitrogens is 1. The van der Waals surface area contributed by atoms with Gasteiger partial charge in [-0.3, -0.25) is 4.98 Å². The van der Waals surface area contributed by atoms with E-state index >= 15 is 0 Å². The van der Waals surface area contributed by atoms with Crippen LogP contribution in [0.1, 0.15) is 0 Å². The number of para-hydroxylation sites is 1. The van der Waals surface area contributed by atoms with Crippen molar-refractivity contribution in [2.75, 3.05) is 0 Å². The molecule has 0 aliphatic carbocycles. The molecule has 0 radical (unpaired) electrons. The number of nitrogens with one attached hydrogen (secondary N) is 1. The molecule has 1 aromatic heterocycles. The fraction of sp³-hybridized carbons (Fsp3) is 0. The molecule has 1 aromatic carbocycles. The molecule has 3 nitrogen and oxygen atoms in total. The van der Waals surface area contributed by atoms with Gasteiger partial charge in [-0.2, -0.15) is 0 Å². The molecule has 0 unspecified atom stereocenters. The highest BCUT2D eigenvalue weighted by atomic mass is 35.5. The van der Waals surface area contributed by atoms with Crippen LogP contribution in [-0.2, 0) is 0 Å². The summed E-state index contributed by atoms with van der Waals surface area (Å²) in [7, 11) is 0. The summed E-state index contributed by atoms with van der Waals surface area (Å²) in [5.41, 5.74) is 0. The number of imidazole rings is 1. The topological polar surface area (TPSA) is 37.9 Å². The van der Waals surface area contributed by atoms with Gasteiger partial charge >= 0.3 is 0 Å². The van der Waals surface area contributed by atoms with Gasteiger partial charge in [-0.15, -0.1) is 0 Å². The number of aromatic nitrogens is 2. The summed E-state index contributed by atoms with van der Waals surface area (Å²) in [6.07, 6.45) is 1.39. The van der Waals surface area contributed by atoms with Gasteiger partial charge in [0.2, 0.25) is 0 Å².